The van der Waals surface area contributed by atoms with Crippen molar-refractivity contribution >= 4 is 11.7 Å². The molecular weight excluding hydrogens is 276 g/mol. The molecule has 0 saturated carbocycles. The van der Waals surface area contributed by atoms with Crippen LogP contribution >= 0.6 is 0 Å². The van der Waals surface area contributed by atoms with Crippen molar-refractivity contribution in [1.82, 2.24) is 9.88 Å². The van der Waals surface area contributed by atoms with E-state index in [-0.39, 0.29) is 11.7 Å². The number of carbonyl (C=O) groups excluding carboxylic acids is 2. The van der Waals surface area contributed by atoms with Gasteiger partial charge >= 0.3 is 0 Å². The highest BCUT2D eigenvalue weighted by Gasteiger charge is 2.24. The normalized spacial score (nSPS) is 13.6. The Kier molecular flexibility index (Phi) is 3.75. The standard InChI is InChI=1S/C18H18N2O2/c1-20(2)18(22)14-11-13-15(9-6-10-16(13)21)19-17(14)12-7-4-3-5-8-12/h3-5,7-8,11H,6,9-10H2,1-2H3. The zero-order chi connectivity index (χ0) is 15.7. The molecule has 112 valence electrons. The van der Waals surface area contributed by atoms with Crippen LogP contribution in [0, 0.1) is 0 Å². The number of hydrogen-bond donors (Lipinski definition) is 0. The predicted octanol–water partition coefficient (Wildman–Crippen LogP) is 2.97. The largest absolute Gasteiger partial charge is 0.345 e. The van der Waals surface area contributed by atoms with Crippen LogP contribution in [0.2, 0.25) is 0 Å². The molecule has 1 heterocycles. The van der Waals surface area contributed by atoms with Crippen LogP contribution in [0.1, 0.15) is 39.3 Å². The Morgan fingerprint density at radius 2 is 1.86 bits per heavy atom. The smallest absolute Gasteiger partial charge is 0.255 e. The number of aromatic nitrogens is 1. The van der Waals surface area contributed by atoms with Crippen LogP contribution in [0.3, 0.4) is 0 Å². The summed E-state index contributed by atoms with van der Waals surface area (Å²) in [6.07, 6.45) is 2.15. The van der Waals surface area contributed by atoms with Crippen LogP contribution in [0.25, 0.3) is 11.3 Å². The van der Waals surface area contributed by atoms with Gasteiger partial charge in [0.2, 0.25) is 0 Å². The molecule has 0 radical (unpaired) electrons. The molecule has 0 saturated heterocycles. The van der Waals surface area contributed by atoms with Gasteiger partial charge < -0.3 is 4.90 Å². The molecule has 0 spiro atoms. The second-order valence-corrected chi connectivity index (χ2v) is 5.72. The summed E-state index contributed by atoms with van der Waals surface area (Å²) < 4.78 is 0. The fourth-order valence-electron chi connectivity index (χ4n) is 2.75. The maximum absolute atomic E-state index is 12.5. The summed E-state index contributed by atoms with van der Waals surface area (Å²) in [5, 5.41) is 0. The van der Waals surface area contributed by atoms with Crippen molar-refractivity contribution in [3.8, 4) is 11.3 Å². The van der Waals surface area contributed by atoms with Gasteiger partial charge in [-0.2, -0.15) is 0 Å². The zero-order valence-corrected chi connectivity index (χ0v) is 12.8. The summed E-state index contributed by atoms with van der Waals surface area (Å²) in [6, 6.07) is 11.4. The van der Waals surface area contributed by atoms with E-state index in [2.05, 4.69) is 4.98 Å². The zero-order valence-electron chi connectivity index (χ0n) is 12.8. The average molecular weight is 294 g/mol. The minimum absolute atomic E-state index is 0.0844. The molecule has 4 nitrogen and oxygen atoms in total. The van der Waals surface area contributed by atoms with Crippen molar-refractivity contribution in [2.24, 2.45) is 0 Å². The molecule has 1 aromatic carbocycles. The number of rotatable bonds is 2. The Hall–Kier alpha value is -2.49. The number of Topliss-reactive ketones (excluding diaryl/α,β-unsaturated/α-hetero) is 1. The van der Waals surface area contributed by atoms with Crippen LogP contribution in [-0.2, 0) is 6.42 Å². The van der Waals surface area contributed by atoms with E-state index >= 15 is 0 Å². The van der Waals surface area contributed by atoms with Gasteiger partial charge in [0.15, 0.2) is 5.78 Å². The van der Waals surface area contributed by atoms with Gasteiger partial charge in [-0.05, 0) is 18.9 Å². The van der Waals surface area contributed by atoms with Crippen LogP contribution in [0.5, 0.6) is 0 Å². The highest BCUT2D eigenvalue weighted by Crippen LogP contribution is 2.28. The second-order valence-electron chi connectivity index (χ2n) is 5.72. The lowest BCUT2D eigenvalue weighted by molar-refractivity contribution is 0.0828. The highest BCUT2D eigenvalue weighted by atomic mass is 16.2. The van der Waals surface area contributed by atoms with Crippen LogP contribution in [0.15, 0.2) is 36.4 Å². The van der Waals surface area contributed by atoms with Crippen LogP contribution in [-0.4, -0.2) is 35.7 Å². The van der Waals surface area contributed by atoms with Crippen molar-refractivity contribution in [2.45, 2.75) is 19.3 Å². The predicted molar refractivity (Wildman–Crippen MR) is 85.0 cm³/mol. The monoisotopic (exact) mass is 294 g/mol. The summed E-state index contributed by atoms with van der Waals surface area (Å²) in [5.74, 6) is -0.0475. The molecule has 0 unspecified atom stereocenters. The third-order valence-electron chi connectivity index (χ3n) is 3.90. The summed E-state index contributed by atoms with van der Waals surface area (Å²) in [4.78, 5) is 30.8. The van der Waals surface area contributed by atoms with E-state index in [0.29, 0.717) is 23.2 Å². The lowest BCUT2D eigenvalue weighted by Crippen LogP contribution is -2.24. The first kappa shape index (κ1) is 14.4. The molecule has 22 heavy (non-hydrogen) atoms. The minimum atomic E-state index is -0.132. The third kappa shape index (κ3) is 2.52. The Bertz CT molecular complexity index is 736. The number of pyridine rings is 1. The summed E-state index contributed by atoms with van der Waals surface area (Å²) >= 11 is 0. The van der Waals surface area contributed by atoms with Crippen molar-refractivity contribution in [3.05, 3.63) is 53.2 Å². The van der Waals surface area contributed by atoms with E-state index in [0.717, 1.165) is 24.1 Å². The fourth-order valence-corrected chi connectivity index (χ4v) is 2.75. The molecular formula is C18H18N2O2. The van der Waals surface area contributed by atoms with E-state index in [1.807, 2.05) is 30.3 Å². The quantitative estimate of drug-likeness (QED) is 0.855. The summed E-state index contributed by atoms with van der Waals surface area (Å²) in [7, 11) is 3.41. The van der Waals surface area contributed by atoms with Crippen molar-refractivity contribution in [1.29, 1.82) is 0 Å². The van der Waals surface area contributed by atoms with E-state index in [1.54, 1.807) is 20.2 Å². The minimum Gasteiger partial charge on any atom is -0.345 e. The number of nitrogens with zero attached hydrogens (tertiary/aromatic N) is 2. The van der Waals surface area contributed by atoms with Crippen molar-refractivity contribution < 1.29 is 9.59 Å². The molecule has 2 aromatic rings. The Labute approximate surface area is 129 Å². The van der Waals surface area contributed by atoms with Crippen LogP contribution < -0.4 is 0 Å². The fraction of sp³-hybridized carbons (Fsp3) is 0.278. The van der Waals surface area contributed by atoms with Gasteiger partial charge in [-0.1, -0.05) is 30.3 Å². The first-order valence-electron chi connectivity index (χ1n) is 7.42. The number of fused-ring (bicyclic) bond motifs is 1. The Balaban J connectivity index is 2.23. The number of benzene rings is 1. The van der Waals surface area contributed by atoms with Gasteiger partial charge in [0, 0.05) is 31.6 Å². The molecule has 1 aromatic heterocycles. The number of hydrogen-bond acceptors (Lipinski definition) is 3. The molecule has 0 bridgehead atoms. The summed E-state index contributed by atoms with van der Waals surface area (Å²) in [5.41, 5.74) is 3.47. The maximum atomic E-state index is 12.5. The van der Waals surface area contributed by atoms with E-state index in [1.165, 1.54) is 4.90 Å². The lowest BCUT2D eigenvalue weighted by atomic mass is 9.91. The maximum Gasteiger partial charge on any atom is 0.255 e. The lowest BCUT2D eigenvalue weighted by Gasteiger charge is -2.19. The topological polar surface area (TPSA) is 50.3 Å². The number of aryl methyl sites for hydroxylation is 1. The van der Waals surface area contributed by atoms with Gasteiger partial charge in [-0.3, -0.25) is 14.6 Å². The Morgan fingerprint density at radius 1 is 1.14 bits per heavy atom. The van der Waals surface area contributed by atoms with Gasteiger partial charge in [0.05, 0.1) is 17.0 Å². The molecule has 3 rings (SSSR count). The number of carbonyl (C=O) groups is 2. The van der Waals surface area contributed by atoms with Crippen LogP contribution in [0.4, 0.5) is 0 Å². The number of amides is 1. The first-order valence-corrected chi connectivity index (χ1v) is 7.42. The first-order chi connectivity index (χ1) is 10.6. The number of ketones is 1. The van der Waals surface area contributed by atoms with Gasteiger partial charge in [0.25, 0.3) is 5.91 Å². The highest BCUT2D eigenvalue weighted by molar-refractivity contribution is 6.04. The van der Waals surface area contributed by atoms with Gasteiger partial charge in [-0.15, -0.1) is 0 Å². The van der Waals surface area contributed by atoms with Crippen molar-refractivity contribution in [3.63, 3.8) is 0 Å². The molecule has 1 amide bonds. The van der Waals surface area contributed by atoms with E-state index < -0.39 is 0 Å². The van der Waals surface area contributed by atoms with E-state index in [4.69, 9.17) is 0 Å². The van der Waals surface area contributed by atoms with E-state index in [9.17, 15) is 9.59 Å². The molecule has 1 aliphatic rings. The molecule has 0 N–H and O–H groups in total. The summed E-state index contributed by atoms with van der Waals surface area (Å²) in [6.45, 7) is 0. The molecule has 4 heteroatoms. The average Bonchev–Trinajstić information content (AvgIpc) is 2.54. The van der Waals surface area contributed by atoms with Crippen molar-refractivity contribution in [2.75, 3.05) is 14.1 Å². The molecule has 0 fully saturated rings. The SMILES string of the molecule is CN(C)C(=O)c1cc2c(nc1-c1ccccc1)CCCC2=O. The van der Waals surface area contributed by atoms with Gasteiger partial charge in [0.1, 0.15) is 0 Å². The second kappa shape index (κ2) is 5.72. The Morgan fingerprint density at radius 3 is 2.55 bits per heavy atom. The third-order valence-corrected chi connectivity index (χ3v) is 3.90. The molecule has 0 atom stereocenters. The van der Waals surface area contributed by atoms with Gasteiger partial charge in [-0.25, -0.2) is 0 Å². The molecule has 1 aliphatic carbocycles. The molecule has 0 aliphatic heterocycles.